The summed E-state index contributed by atoms with van der Waals surface area (Å²) < 4.78 is 26.5. The lowest BCUT2D eigenvalue weighted by Crippen LogP contribution is -2.01. The van der Waals surface area contributed by atoms with E-state index >= 15 is 0 Å². The van der Waals surface area contributed by atoms with Gasteiger partial charge in [0.2, 0.25) is 9.84 Å². The lowest BCUT2D eigenvalue weighted by Gasteiger charge is -2.10. The number of sulfone groups is 1. The molecule has 0 bridgehead atoms. The third-order valence-electron chi connectivity index (χ3n) is 3.99. The highest BCUT2D eigenvalue weighted by Crippen LogP contribution is 2.35. The molecular weight excluding hydrogens is 376 g/mol. The van der Waals surface area contributed by atoms with E-state index in [4.69, 9.17) is 5.73 Å². The Hall–Kier alpha value is -1.99. The van der Waals surface area contributed by atoms with Gasteiger partial charge in [0.25, 0.3) is 0 Å². The number of hydrogen-bond acceptors (Lipinski definition) is 5. The number of nitrogens with two attached hydrogens (primary N) is 1. The first-order valence-corrected chi connectivity index (χ1v) is 9.71. The third kappa shape index (κ3) is 2.91. The van der Waals surface area contributed by atoms with Gasteiger partial charge in [-0.1, -0.05) is 48.5 Å². The Bertz CT molecular complexity index is 1170. The molecule has 0 saturated heterocycles. The normalized spacial score (nSPS) is 11.6. The van der Waals surface area contributed by atoms with Crippen LogP contribution in [0.5, 0.6) is 0 Å². The largest absolute Gasteiger partial charge is 0.325 e. The summed E-state index contributed by atoms with van der Waals surface area (Å²) in [6.07, 6.45) is 1.39. The number of thiazole rings is 1. The van der Waals surface area contributed by atoms with Crippen LogP contribution in [0.25, 0.3) is 21.5 Å². The zero-order chi connectivity index (χ0) is 16.7. The second-order valence-corrected chi connectivity index (χ2v) is 8.68. The van der Waals surface area contributed by atoms with Gasteiger partial charge in [-0.2, -0.15) is 0 Å². The van der Waals surface area contributed by atoms with E-state index in [1.54, 1.807) is 6.07 Å². The predicted octanol–water partition coefficient (Wildman–Crippen LogP) is 4.16. The van der Waals surface area contributed by atoms with E-state index in [-0.39, 0.29) is 23.2 Å². The first kappa shape index (κ1) is 17.8. The van der Waals surface area contributed by atoms with Crippen LogP contribution < -0.4 is 5.73 Å². The van der Waals surface area contributed by atoms with E-state index in [1.165, 1.54) is 6.20 Å². The Morgan fingerprint density at radius 3 is 2.28 bits per heavy atom. The number of nitrogens with zero attached hydrogens (tertiary/aromatic N) is 1. The lowest BCUT2D eigenvalue weighted by molar-refractivity contribution is 0.599. The second kappa shape index (κ2) is 6.72. The number of aromatic nitrogens is 1. The molecule has 4 aromatic rings. The predicted molar refractivity (Wildman–Crippen MR) is 104 cm³/mol. The number of hydrogen-bond donors (Lipinski definition) is 1. The van der Waals surface area contributed by atoms with Crippen molar-refractivity contribution < 1.29 is 8.42 Å². The molecule has 0 aliphatic heterocycles. The molecule has 0 amide bonds. The maximum Gasteiger partial charge on any atom is 0.218 e. The zero-order valence-electron chi connectivity index (χ0n) is 13.0. The van der Waals surface area contributed by atoms with E-state index in [9.17, 15) is 8.42 Å². The maximum absolute atomic E-state index is 13.2. The van der Waals surface area contributed by atoms with E-state index in [0.717, 1.165) is 32.9 Å². The van der Waals surface area contributed by atoms with Gasteiger partial charge in [0.1, 0.15) is 9.22 Å². The van der Waals surface area contributed by atoms with Crippen LogP contribution >= 0.6 is 23.7 Å². The van der Waals surface area contributed by atoms with Gasteiger partial charge in [-0.05, 0) is 22.2 Å². The third-order valence-corrected chi connectivity index (χ3v) is 7.27. The minimum absolute atomic E-state index is 0. The highest BCUT2D eigenvalue weighted by molar-refractivity contribution is 7.93. The molecule has 1 aromatic heterocycles. The number of halogens is 1. The van der Waals surface area contributed by atoms with Crippen LogP contribution in [0.1, 0.15) is 5.01 Å². The molecule has 0 atom stereocenters. The molecule has 0 radical (unpaired) electrons. The van der Waals surface area contributed by atoms with Gasteiger partial charge in [-0.25, -0.2) is 13.4 Å². The van der Waals surface area contributed by atoms with Gasteiger partial charge >= 0.3 is 0 Å². The van der Waals surface area contributed by atoms with Crippen LogP contribution in [0.4, 0.5) is 0 Å². The summed E-state index contributed by atoms with van der Waals surface area (Å²) in [6, 6.07) is 17.1. The van der Waals surface area contributed by atoms with Crippen molar-refractivity contribution in [1.29, 1.82) is 0 Å². The van der Waals surface area contributed by atoms with Gasteiger partial charge in [0, 0.05) is 11.9 Å². The summed E-state index contributed by atoms with van der Waals surface area (Å²) in [5, 5.41) is 4.20. The van der Waals surface area contributed by atoms with Crippen LogP contribution in [0.2, 0.25) is 0 Å². The van der Waals surface area contributed by atoms with Crippen LogP contribution in [-0.2, 0) is 16.4 Å². The molecule has 1 heterocycles. The van der Waals surface area contributed by atoms with Crippen molar-refractivity contribution in [2.24, 2.45) is 5.73 Å². The summed E-state index contributed by atoms with van der Waals surface area (Å²) >= 11 is 1.12. The molecule has 7 heteroatoms. The van der Waals surface area contributed by atoms with Gasteiger partial charge in [0.15, 0.2) is 0 Å². The molecule has 4 rings (SSSR count). The van der Waals surface area contributed by atoms with Crippen molar-refractivity contribution in [2.75, 3.05) is 0 Å². The summed E-state index contributed by atoms with van der Waals surface area (Å²) in [5.41, 5.74) is 5.56. The minimum Gasteiger partial charge on any atom is -0.325 e. The van der Waals surface area contributed by atoms with Crippen molar-refractivity contribution in [3.63, 3.8) is 0 Å². The Labute approximate surface area is 155 Å². The molecule has 0 fully saturated rings. The highest BCUT2D eigenvalue weighted by atomic mass is 35.5. The lowest BCUT2D eigenvalue weighted by atomic mass is 10.0. The Balaban J connectivity index is 0.00000182. The topological polar surface area (TPSA) is 73.0 Å². The minimum atomic E-state index is -3.65. The van der Waals surface area contributed by atoms with Crippen LogP contribution in [0.3, 0.4) is 0 Å². The standard InChI is InChI=1S/C18H14N2O2S2.ClH/c19-10-17-20-11-18(23-17)24(21,22)16-9-12-5-1-2-6-13(12)14-7-3-4-8-15(14)16;/h1-9,11H,10,19H2;1H. The Morgan fingerprint density at radius 1 is 0.960 bits per heavy atom. The fraction of sp³-hybridized carbons (Fsp3) is 0.0556. The van der Waals surface area contributed by atoms with Crippen molar-refractivity contribution in [1.82, 2.24) is 4.98 Å². The van der Waals surface area contributed by atoms with Gasteiger partial charge in [-0.3, -0.25) is 0 Å². The summed E-state index contributed by atoms with van der Waals surface area (Å²) in [5.74, 6) is 0. The van der Waals surface area contributed by atoms with E-state index < -0.39 is 9.84 Å². The molecule has 0 aliphatic rings. The van der Waals surface area contributed by atoms with Crippen LogP contribution in [0.15, 0.2) is 69.9 Å². The SMILES string of the molecule is Cl.NCc1ncc(S(=O)(=O)c2cc3ccccc3c3ccccc23)s1. The van der Waals surface area contributed by atoms with E-state index in [0.29, 0.717) is 9.90 Å². The summed E-state index contributed by atoms with van der Waals surface area (Å²) in [7, 11) is -3.65. The molecule has 0 unspecified atom stereocenters. The molecule has 0 saturated carbocycles. The quantitative estimate of drug-likeness (QED) is 0.533. The number of benzene rings is 3. The molecule has 3 aromatic carbocycles. The summed E-state index contributed by atoms with van der Waals surface area (Å²) in [4.78, 5) is 4.39. The molecule has 0 aliphatic carbocycles. The van der Waals surface area contributed by atoms with Gasteiger partial charge in [-0.15, -0.1) is 23.7 Å². The van der Waals surface area contributed by atoms with Crippen LogP contribution in [-0.4, -0.2) is 13.4 Å². The zero-order valence-corrected chi connectivity index (χ0v) is 15.5. The van der Waals surface area contributed by atoms with Gasteiger partial charge in [0.05, 0.1) is 11.1 Å². The average molecular weight is 391 g/mol. The summed E-state index contributed by atoms with van der Waals surface area (Å²) in [6.45, 7) is 0.235. The monoisotopic (exact) mass is 390 g/mol. The molecular formula is C18H15ClN2O2S2. The fourth-order valence-corrected chi connectivity index (χ4v) is 5.54. The smallest absolute Gasteiger partial charge is 0.218 e. The molecule has 4 nitrogen and oxygen atoms in total. The van der Waals surface area contributed by atoms with E-state index in [2.05, 4.69) is 4.98 Å². The Kier molecular flexibility index (Phi) is 4.79. The molecule has 0 spiro atoms. The van der Waals surface area contributed by atoms with Crippen LogP contribution in [0, 0.1) is 0 Å². The fourth-order valence-electron chi connectivity index (χ4n) is 2.86. The maximum atomic E-state index is 13.2. The number of rotatable bonds is 3. The van der Waals surface area contributed by atoms with Crippen molar-refractivity contribution in [3.05, 3.63) is 65.8 Å². The van der Waals surface area contributed by atoms with E-state index in [1.807, 2.05) is 48.5 Å². The average Bonchev–Trinajstić information content (AvgIpc) is 3.11. The molecule has 128 valence electrons. The second-order valence-electron chi connectivity index (χ2n) is 5.42. The molecule has 2 N–H and O–H groups in total. The Morgan fingerprint density at radius 2 is 1.60 bits per heavy atom. The van der Waals surface area contributed by atoms with Crippen molar-refractivity contribution in [3.8, 4) is 0 Å². The molecule has 25 heavy (non-hydrogen) atoms. The van der Waals surface area contributed by atoms with Crippen molar-refractivity contribution in [2.45, 2.75) is 15.6 Å². The number of fused-ring (bicyclic) bond motifs is 3. The first-order valence-electron chi connectivity index (χ1n) is 7.41. The first-order chi connectivity index (χ1) is 11.6. The highest BCUT2D eigenvalue weighted by Gasteiger charge is 2.24. The van der Waals surface area contributed by atoms with Crippen molar-refractivity contribution >= 4 is 55.1 Å². The van der Waals surface area contributed by atoms with Gasteiger partial charge < -0.3 is 5.73 Å².